The summed E-state index contributed by atoms with van der Waals surface area (Å²) in [5.41, 5.74) is 4.42. The molecule has 1 saturated heterocycles. The number of aromatic nitrogens is 1. The lowest BCUT2D eigenvalue weighted by atomic mass is 9.90. The summed E-state index contributed by atoms with van der Waals surface area (Å²) >= 11 is 0. The Morgan fingerprint density at radius 2 is 1.66 bits per heavy atom. The van der Waals surface area contributed by atoms with Gasteiger partial charge in [0.15, 0.2) is 11.5 Å². The van der Waals surface area contributed by atoms with Crippen LogP contribution < -0.4 is 20.1 Å². The number of hydrogen-bond donors (Lipinski definition) is 2. The Morgan fingerprint density at radius 1 is 0.921 bits per heavy atom. The Balaban J connectivity index is 1.33. The zero-order valence-corrected chi connectivity index (χ0v) is 22.3. The van der Waals surface area contributed by atoms with E-state index in [9.17, 15) is 9.59 Å². The van der Waals surface area contributed by atoms with Crippen molar-refractivity contribution in [3.8, 4) is 11.5 Å². The summed E-state index contributed by atoms with van der Waals surface area (Å²) in [7, 11) is 3.21. The Kier molecular flexibility index (Phi) is 9.19. The van der Waals surface area contributed by atoms with Gasteiger partial charge < -0.3 is 25.0 Å². The van der Waals surface area contributed by atoms with E-state index in [1.54, 1.807) is 14.2 Å². The number of benzene rings is 2. The van der Waals surface area contributed by atoms with Crippen LogP contribution in [0.1, 0.15) is 51.6 Å². The van der Waals surface area contributed by atoms with Gasteiger partial charge in [0.2, 0.25) is 0 Å². The number of urea groups is 1. The molecule has 0 aliphatic carbocycles. The van der Waals surface area contributed by atoms with Crippen LogP contribution in [0.4, 0.5) is 4.79 Å². The van der Waals surface area contributed by atoms with Crippen molar-refractivity contribution >= 4 is 11.9 Å². The molecule has 2 aromatic carbocycles. The van der Waals surface area contributed by atoms with Crippen molar-refractivity contribution in [2.24, 2.45) is 0 Å². The lowest BCUT2D eigenvalue weighted by molar-refractivity contribution is 0.0951. The summed E-state index contributed by atoms with van der Waals surface area (Å²) in [5, 5.41) is 6.05. The molecule has 3 aromatic rings. The molecule has 0 atom stereocenters. The third-order valence-electron chi connectivity index (χ3n) is 6.91. The quantitative estimate of drug-likeness (QED) is 0.438. The zero-order chi connectivity index (χ0) is 26.9. The van der Waals surface area contributed by atoms with E-state index in [0.29, 0.717) is 49.7 Å². The molecule has 38 heavy (non-hydrogen) atoms. The summed E-state index contributed by atoms with van der Waals surface area (Å²) < 4.78 is 10.7. The molecule has 1 fully saturated rings. The van der Waals surface area contributed by atoms with Gasteiger partial charge in [-0.1, -0.05) is 36.4 Å². The fourth-order valence-corrected chi connectivity index (χ4v) is 4.77. The van der Waals surface area contributed by atoms with Crippen LogP contribution >= 0.6 is 0 Å². The topological polar surface area (TPSA) is 92.8 Å². The molecule has 200 valence electrons. The molecule has 1 aliphatic rings. The van der Waals surface area contributed by atoms with Crippen LogP contribution in [0.3, 0.4) is 0 Å². The number of carbonyl (C=O) groups excluding carboxylic acids is 2. The van der Waals surface area contributed by atoms with Crippen molar-refractivity contribution in [2.45, 2.75) is 38.6 Å². The summed E-state index contributed by atoms with van der Waals surface area (Å²) in [6.07, 6.45) is 2.19. The van der Waals surface area contributed by atoms with Gasteiger partial charge in [0.25, 0.3) is 5.91 Å². The van der Waals surface area contributed by atoms with Crippen molar-refractivity contribution in [1.82, 2.24) is 20.5 Å². The van der Waals surface area contributed by atoms with Gasteiger partial charge in [0.1, 0.15) is 0 Å². The van der Waals surface area contributed by atoms with Crippen LogP contribution in [-0.2, 0) is 13.0 Å². The average Bonchev–Trinajstić information content (AvgIpc) is 2.96. The molecule has 8 nitrogen and oxygen atoms in total. The van der Waals surface area contributed by atoms with Gasteiger partial charge in [-0.3, -0.25) is 9.78 Å². The first-order valence-corrected chi connectivity index (χ1v) is 13.0. The van der Waals surface area contributed by atoms with Gasteiger partial charge in [-0.05, 0) is 61.6 Å². The van der Waals surface area contributed by atoms with Gasteiger partial charge in [-0.15, -0.1) is 0 Å². The fraction of sp³-hybridized carbons (Fsp3) is 0.367. The number of ether oxygens (including phenoxy) is 2. The minimum atomic E-state index is -0.129. The van der Waals surface area contributed by atoms with E-state index in [1.807, 2.05) is 72.5 Å². The smallest absolute Gasteiger partial charge is 0.317 e. The van der Waals surface area contributed by atoms with E-state index in [0.717, 1.165) is 35.4 Å². The number of nitrogens with one attached hydrogen (secondary N) is 2. The second kappa shape index (κ2) is 12.9. The number of pyridine rings is 1. The minimum absolute atomic E-state index is 0.0577. The monoisotopic (exact) mass is 516 g/mol. The maximum Gasteiger partial charge on any atom is 0.317 e. The average molecular weight is 517 g/mol. The van der Waals surface area contributed by atoms with Crippen molar-refractivity contribution < 1.29 is 19.1 Å². The highest BCUT2D eigenvalue weighted by Crippen LogP contribution is 2.30. The first kappa shape index (κ1) is 27.0. The van der Waals surface area contributed by atoms with Crippen molar-refractivity contribution in [3.63, 3.8) is 0 Å². The van der Waals surface area contributed by atoms with Crippen molar-refractivity contribution in [1.29, 1.82) is 0 Å². The number of hydrogen-bond acceptors (Lipinski definition) is 5. The Labute approximate surface area is 224 Å². The fourth-order valence-electron chi connectivity index (χ4n) is 4.77. The lowest BCUT2D eigenvalue weighted by Gasteiger charge is -2.32. The van der Waals surface area contributed by atoms with E-state index in [4.69, 9.17) is 14.5 Å². The van der Waals surface area contributed by atoms with Crippen LogP contribution in [-0.4, -0.2) is 55.7 Å². The van der Waals surface area contributed by atoms with Gasteiger partial charge in [-0.2, -0.15) is 0 Å². The molecule has 4 rings (SSSR count). The third kappa shape index (κ3) is 6.82. The van der Waals surface area contributed by atoms with Gasteiger partial charge in [-0.25, -0.2) is 4.79 Å². The number of nitrogens with zero attached hydrogens (tertiary/aromatic N) is 2. The van der Waals surface area contributed by atoms with E-state index in [2.05, 4.69) is 10.6 Å². The standard InChI is InChI=1S/C30H36N4O4/c1-21-9-11-25(29(35)31-16-13-22-10-12-26(37-2)27(19-22)38-3)28(33-21)24-14-17-34(18-15-24)30(36)32-20-23-7-5-4-6-8-23/h4-12,19,24H,13-18,20H2,1-3H3,(H,31,35)(H,32,36). The summed E-state index contributed by atoms with van der Waals surface area (Å²) in [4.78, 5) is 32.4. The van der Waals surface area contributed by atoms with Crippen molar-refractivity contribution in [3.05, 3.63) is 88.7 Å². The van der Waals surface area contributed by atoms with Gasteiger partial charge in [0, 0.05) is 37.8 Å². The van der Waals surface area contributed by atoms with E-state index in [-0.39, 0.29) is 17.9 Å². The highest BCUT2D eigenvalue weighted by atomic mass is 16.5. The number of rotatable bonds is 9. The molecule has 0 spiro atoms. The zero-order valence-electron chi connectivity index (χ0n) is 22.3. The molecule has 0 radical (unpaired) electrons. The van der Waals surface area contributed by atoms with Crippen LogP contribution in [0.5, 0.6) is 11.5 Å². The normalized spacial score (nSPS) is 13.6. The molecule has 3 amide bonds. The number of likely N-dealkylation sites (tertiary alicyclic amines) is 1. The maximum atomic E-state index is 13.2. The van der Waals surface area contributed by atoms with E-state index in [1.165, 1.54) is 0 Å². The molecule has 1 aromatic heterocycles. The maximum absolute atomic E-state index is 13.2. The number of aryl methyl sites for hydroxylation is 1. The number of carbonyl (C=O) groups is 2. The Morgan fingerprint density at radius 3 is 2.37 bits per heavy atom. The SMILES string of the molecule is COc1ccc(CCNC(=O)c2ccc(C)nc2C2CCN(C(=O)NCc3ccccc3)CC2)cc1OC. The predicted molar refractivity (Wildman–Crippen MR) is 147 cm³/mol. The lowest BCUT2D eigenvalue weighted by Crippen LogP contribution is -2.44. The predicted octanol–water partition coefficient (Wildman–Crippen LogP) is 4.47. The molecule has 0 bridgehead atoms. The Hall–Kier alpha value is -4.07. The molecule has 2 N–H and O–H groups in total. The summed E-state index contributed by atoms with van der Waals surface area (Å²) in [5.74, 6) is 1.34. The first-order valence-electron chi connectivity index (χ1n) is 13.0. The van der Waals surface area contributed by atoms with Crippen LogP contribution in [0.15, 0.2) is 60.7 Å². The first-order chi connectivity index (χ1) is 18.5. The molecule has 8 heteroatoms. The van der Waals surface area contributed by atoms with Gasteiger partial charge >= 0.3 is 6.03 Å². The van der Waals surface area contributed by atoms with E-state index >= 15 is 0 Å². The highest BCUT2D eigenvalue weighted by Gasteiger charge is 2.28. The largest absolute Gasteiger partial charge is 0.493 e. The second-order valence-electron chi connectivity index (χ2n) is 9.49. The summed E-state index contributed by atoms with van der Waals surface area (Å²) in [6, 6.07) is 19.3. The molecule has 1 aliphatic heterocycles. The second-order valence-corrected chi connectivity index (χ2v) is 9.49. The molecule has 0 unspecified atom stereocenters. The van der Waals surface area contributed by atoms with Gasteiger partial charge in [0.05, 0.1) is 25.5 Å². The van der Waals surface area contributed by atoms with E-state index < -0.39 is 0 Å². The number of amides is 3. The van der Waals surface area contributed by atoms with Crippen molar-refractivity contribution in [2.75, 3.05) is 33.9 Å². The number of piperidine rings is 1. The van der Waals surface area contributed by atoms with Crippen LogP contribution in [0.2, 0.25) is 0 Å². The van der Waals surface area contributed by atoms with Crippen LogP contribution in [0, 0.1) is 6.92 Å². The Bertz CT molecular complexity index is 1240. The minimum Gasteiger partial charge on any atom is -0.493 e. The molecule has 2 heterocycles. The molecular weight excluding hydrogens is 480 g/mol. The third-order valence-corrected chi connectivity index (χ3v) is 6.91. The highest BCUT2D eigenvalue weighted by molar-refractivity contribution is 5.95. The van der Waals surface area contributed by atoms with Crippen LogP contribution in [0.25, 0.3) is 0 Å². The molecular formula is C30H36N4O4. The molecule has 0 saturated carbocycles. The summed E-state index contributed by atoms with van der Waals surface area (Å²) in [6.45, 7) is 4.19. The number of methoxy groups -OCH3 is 2.